The number of rotatable bonds is 6. The molecule has 100 valence electrons. The summed E-state index contributed by atoms with van der Waals surface area (Å²) in [6.45, 7) is 6.64. The highest BCUT2D eigenvalue weighted by Gasteiger charge is 2.11. The largest absolute Gasteiger partial charge is 0.493 e. The summed E-state index contributed by atoms with van der Waals surface area (Å²) in [5.74, 6) is 1.56. The highest BCUT2D eigenvalue weighted by Crippen LogP contribution is 2.31. The second kappa shape index (κ2) is 7.07. The van der Waals surface area contributed by atoms with E-state index in [9.17, 15) is 0 Å². The Labute approximate surface area is 110 Å². The Morgan fingerprint density at radius 3 is 2.67 bits per heavy atom. The van der Waals surface area contributed by atoms with E-state index in [1.54, 1.807) is 7.11 Å². The van der Waals surface area contributed by atoms with E-state index in [2.05, 4.69) is 13.8 Å². The first-order valence-electron chi connectivity index (χ1n) is 6.22. The van der Waals surface area contributed by atoms with Crippen molar-refractivity contribution in [3.8, 4) is 11.5 Å². The van der Waals surface area contributed by atoms with Gasteiger partial charge < -0.3 is 15.2 Å². The Kier molecular flexibility index (Phi) is 5.72. The molecule has 0 aromatic heterocycles. The fourth-order valence-electron chi connectivity index (χ4n) is 1.69. The first-order chi connectivity index (χ1) is 8.54. The van der Waals surface area contributed by atoms with Crippen molar-refractivity contribution in [1.82, 2.24) is 0 Å². The molecule has 0 amide bonds. The summed E-state index contributed by atoms with van der Waals surface area (Å²) in [4.78, 5) is 0. The fraction of sp³-hybridized carbons (Fsp3) is 0.467. The van der Waals surface area contributed by atoms with Gasteiger partial charge >= 0.3 is 0 Å². The third-order valence-electron chi connectivity index (χ3n) is 2.54. The van der Waals surface area contributed by atoms with Crippen LogP contribution in [0.25, 0.3) is 0 Å². The lowest BCUT2D eigenvalue weighted by molar-refractivity contribution is 0.321. The van der Waals surface area contributed by atoms with Crippen LogP contribution in [0.15, 0.2) is 29.8 Å². The standard InChI is InChI=1S/C15H23NO2/c1-11(2)8-9-18-15-13(10-12(3)16)6-5-7-14(15)17-4/h5-8,12H,9-10,16H2,1-4H3. The second-order valence-electron chi connectivity index (χ2n) is 4.72. The van der Waals surface area contributed by atoms with Crippen LogP contribution in [-0.4, -0.2) is 19.8 Å². The minimum absolute atomic E-state index is 0.0999. The Morgan fingerprint density at radius 2 is 2.11 bits per heavy atom. The molecule has 1 unspecified atom stereocenters. The van der Waals surface area contributed by atoms with Gasteiger partial charge in [-0.1, -0.05) is 17.7 Å². The number of nitrogens with two attached hydrogens (primary N) is 1. The molecule has 0 spiro atoms. The summed E-state index contributed by atoms with van der Waals surface area (Å²) in [6, 6.07) is 6.00. The van der Waals surface area contributed by atoms with Gasteiger partial charge in [-0.25, -0.2) is 0 Å². The molecule has 0 saturated heterocycles. The van der Waals surface area contributed by atoms with Crippen molar-refractivity contribution in [2.75, 3.05) is 13.7 Å². The number of hydrogen-bond donors (Lipinski definition) is 1. The molecule has 0 fully saturated rings. The van der Waals surface area contributed by atoms with Crippen molar-refractivity contribution in [3.05, 3.63) is 35.4 Å². The Bertz CT molecular complexity index is 407. The predicted molar refractivity (Wildman–Crippen MR) is 75.3 cm³/mol. The van der Waals surface area contributed by atoms with Crippen LogP contribution in [0.3, 0.4) is 0 Å². The van der Waals surface area contributed by atoms with Crippen LogP contribution >= 0.6 is 0 Å². The van der Waals surface area contributed by atoms with Crippen molar-refractivity contribution in [2.24, 2.45) is 5.73 Å². The van der Waals surface area contributed by atoms with Gasteiger partial charge in [0, 0.05) is 6.04 Å². The number of para-hydroxylation sites is 1. The van der Waals surface area contributed by atoms with E-state index in [1.807, 2.05) is 31.2 Å². The van der Waals surface area contributed by atoms with Gasteiger partial charge in [0.15, 0.2) is 11.5 Å². The zero-order chi connectivity index (χ0) is 13.5. The van der Waals surface area contributed by atoms with Gasteiger partial charge in [0.05, 0.1) is 7.11 Å². The number of methoxy groups -OCH3 is 1. The molecule has 0 radical (unpaired) electrons. The smallest absolute Gasteiger partial charge is 0.164 e. The molecule has 18 heavy (non-hydrogen) atoms. The van der Waals surface area contributed by atoms with Gasteiger partial charge in [-0.05, 0) is 44.9 Å². The third kappa shape index (κ3) is 4.41. The number of ether oxygens (including phenoxy) is 2. The van der Waals surface area contributed by atoms with E-state index < -0.39 is 0 Å². The molecule has 0 heterocycles. The number of benzene rings is 1. The molecule has 0 aliphatic heterocycles. The van der Waals surface area contributed by atoms with Gasteiger partial charge in [-0.3, -0.25) is 0 Å². The summed E-state index contributed by atoms with van der Waals surface area (Å²) < 4.78 is 11.2. The van der Waals surface area contributed by atoms with Crippen LogP contribution in [0.2, 0.25) is 0 Å². The van der Waals surface area contributed by atoms with Gasteiger partial charge in [0.25, 0.3) is 0 Å². The van der Waals surface area contributed by atoms with E-state index in [1.165, 1.54) is 5.57 Å². The second-order valence-corrected chi connectivity index (χ2v) is 4.72. The van der Waals surface area contributed by atoms with Crippen LogP contribution in [0.5, 0.6) is 11.5 Å². The topological polar surface area (TPSA) is 44.5 Å². The zero-order valence-electron chi connectivity index (χ0n) is 11.7. The normalized spacial score (nSPS) is 11.8. The first kappa shape index (κ1) is 14.6. The minimum atomic E-state index is 0.0999. The summed E-state index contributed by atoms with van der Waals surface area (Å²) >= 11 is 0. The monoisotopic (exact) mass is 249 g/mol. The molecule has 1 aromatic carbocycles. The van der Waals surface area contributed by atoms with Gasteiger partial charge in [-0.2, -0.15) is 0 Å². The average Bonchev–Trinajstić information content (AvgIpc) is 2.29. The van der Waals surface area contributed by atoms with E-state index in [0.717, 1.165) is 23.5 Å². The molecule has 3 nitrogen and oxygen atoms in total. The summed E-state index contributed by atoms with van der Waals surface area (Å²) in [6.07, 6.45) is 2.82. The van der Waals surface area contributed by atoms with Crippen molar-refractivity contribution in [2.45, 2.75) is 33.2 Å². The van der Waals surface area contributed by atoms with E-state index >= 15 is 0 Å². The highest BCUT2D eigenvalue weighted by molar-refractivity contribution is 5.47. The lowest BCUT2D eigenvalue weighted by Gasteiger charge is -2.15. The molecule has 3 heteroatoms. The molecule has 1 rings (SSSR count). The van der Waals surface area contributed by atoms with Gasteiger partial charge in [0.2, 0.25) is 0 Å². The maximum atomic E-state index is 5.85. The van der Waals surface area contributed by atoms with Gasteiger partial charge in [-0.15, -0.1) is 0 Å². The average molecular weight is 249 g/mol. The van der Waals surface area contributed by atoms with Crippen molar-refractivity contribution < 1.29 is 9.47 Å². The predicted octanol–water partition coefficient (Wildman–Crippen LogP) is 2.93. The molecule has 0 bridgehead atoms. The SMILES string of the molecule is COc1cccc(CC(C)N)c1OCC=C(C)C. The van der Waals surface area contributed by atoms with Crippen LogP contribution in [0, 0.1) is 0 Å². The van der Waals surface area contributed by atoms with E-state index in [-0.39, 0.29) is 6.04 Å². The maximum absolute atomic E-state index is 5.85. The minimum Gasteiger partial charge on any atom is -0.493 e. The Balaban J connectivity index is 2.92. The van der Waals surface area contributed by atoms with E-state index in [0.29, 0.717) is 6.61 Å². The number of hydrogen-bond acceptors (Lipinski definition) is 3. The quantitative estimate of drug-likeness (QED) is 0.788. The molecule has 1 aromatic rings. The Morgan fingerprint density at radius 1 is 1.39 bits per heavy atom. The van der Waals surface area contributed by atoms with Crippen molar-refractivity contribution >= 4 is 0 Å². The van der Waals surface area contributed by atoms with Crippen LogP contribution in [0.4, 0.5) is 0 Å². The van der Waals surface area contributed by atoms with Crippen LogP contribution in [0.1, 0.15) is 26.3 Å². The Hall–Kier alpha value is -1.48. The van der Waals surface area contributed by atoms with Gasteiger partial charge in [0.1, 0.15) is 6.61 Å². The molecule has 2 N–H and O–H groups in total. The molecular formula is C15H23NO2. The fourth-order valence-corrected chi connectivity index (χ4v) is 1.69. The van der Waals surface area contributed by atoms with Crippen LogP contribution in [-0.2, 0) is 6.42 Å². The van der Waals surface area contributed by atoms with Crippen LogP contribution < -0.4 is 15.2 Å². The molecule has 0 saturated carbocycles. The summed E-state index contributed by atoms with van der Waals surface area (Å²) in [5, 5.41) is 0. The van der Waals surface area contributed by atoms with Crippen molar-refractivity contribution in [3.63, 3.8) is 0 Å². The zero-order valence-corrected chi connectivity index (χ0v) is 11.7. The molecular weight excluding hydrogens is 226 g/mol. The lowest BCUT2D eigenvalue weighted by atomic mass is 10.1. The van der Waals surface area contributed by atoms with Crippen molar-refractivity contribution in [1.29, 1.82) is 0 Å². The summed E-state index contributed by atoms with van der Waals surface area (Å²) in [7, 11) is 1.65. The van der Waals surface area contributed by atoms with E-state index in [4.69, 9.17) is 15.2 Å². The third-order valence-corrected chi connectivity index (χ3v) is 2.54. The summed E-state index contributed by atoms with van der Waals surface area (Å²) in [5.41, 5.74) is 8.18. The molecule has 0 aliphatic carbocycles. The maximum Gasteiger partial charge on any atom is 0.164 e. The number of allylic oxidation sites excluding steroid dienone is 1. The first-order valence-corrected chi connectivity index (χ1v) is 6.22. The lowest BCUT2D eigenvalue weighted by Crippen LogP contribution is -2.18. The molecule has 1 atom stereocenters. The molecule has 0 aliphatic rings. The highest BCUT2D eigenvalue weighted by atomic mass is 16.5.